The van der Waals surface area contributed by atoms with Crippen LogP contribution in [0.2, 0.25) is 0 Å². The maximum Gasteiger partial charge on any atom is 0.0313 e. The van der Waals surface area contributed by atoms with E-state index in [1.165, 1.54) is 24.0 Å². The number of hydrogen-bond acceptors (Lipinski definition) is 3. The molecule has 1 aromatic rings. The quantitative estimate of drug-likeness (QED) is 0.805. The van der Waals surface area contributed by atoms with E-state index in [-0.39, 0.29) is 0 Å². The monoisotopic (exact) mass is 252 g/mol. The van der Waals surface area contributed by atoms with Crippen LogP contribution in [0.25, 0.3) is 0 Å². The molecule has 0 atom stereocenters. The summed E-state index contributed by atoms with van der Waals surface area (Å²) in [5.41, 5.74) is 2.50. The van der Waals surface area contributed by atoms with Crippen molar-refractivity contribution in [1.29, 1.82) is 0 Å². The van der Waals surface area contributed by atoms with E-state index < -0.39 is 0 Å². The van der Waals surface area contributed by atoms with Crippen molar-refractivity contribution in [2.75, 3.05) is 12.8 Å². The first-order chi connectivity index (χ1) is 8.15. The summed E-state index contributed by atoms with van der Waals surface area (Å²) >= 11 is 1.98. The van der Waals surface area contributed by atoms with E-state index >= 15 is 0 Å². The minimum Gasteiger partial charge on any atom is -0.311 e. The van der Waals surface area contributed by atoms with Crippen LogP contribution in [-0.2, 0) is 6.54 Å². The molecule has 0 aromatic carbocycles. The number of aryl methyl sites for hydroxylation is 1. The Balaban J connectivity index is 2.46. The zero-order valence-electron chi connectivity index (χ0n) is 11.4. The number of thioether (sulfide) groups is 1. The molecule has 1 aromatic heterocycles. The number of nitrogens with one attached hydrogen (secondary N) is 1. The fraction of sp³-hybridized carbons (Fsp3) is 0.643. The van der Waals surface area contributed by atoms with Gasteiger partial charge in [0.25, 0.3) is 0 Å². The Morgan fingerprint density at radius 2 is 2.00 bits per heavy atom. The van der Waals surface area contributed by atoms with Crippen molar-refractivity contribution in [3.05, 3.63) is 29.6 Å². The highest BCUT2D eigenvalue weighted by atomic mass is 32.2. The zero-order valence-corrected chi connectivity index (χ0v) is 12.2. The summed E-state index contributed by atoms with van der Waals surface area (Å²) in [7, 11) is 0. The molecule has 1 N–H and O–H groups in total. The summed E-state index contributed by atoms with van der Waals surface area (Å²) in [5.74, 6) is 0. The van der Waals surface area contributed by atoms with Crippen molar-refractivity contribution in [3.63, 3.8) is 0 Å². The number of nitrogens with zero attached hydrogens (tertiary/aromatic N) is 1. The van der Waals surface area contributed by atoms with Crippen LogP contribution in [0.5, 0.6) is 0 Å². The molecular weight excluding hydrogens is 228 g/mol. The number of pyridine rings is 1. The van der Waals surface area contributed by atoms with Gasteiger partial charge in [0.2, 0.25) is 0 Å². The van der Waals surface area contributed by atoms with Crippen LogP contribution in [0.1, 0.15) is 37.8 Å². The normalized spacial score (nSPS) is 11.8. The van der Waals surface area contributed by atoms with Gasteiger partial charge in [-0.2, -0.15) is 11.8 Å². The molecule has 0 saturated carbocycles. The Hall–Kier alpha value is -0.540. The summed E-state index contributed by atoms with van der Waals surface area (Å²) in [4.78, 5) is 4.21. The highest BCUT2D eigenvalue weighted by Crippen LogP contribution is 2.29. The Morgan fingerprint density at radius 3 is 2.53 bits per heavy atom. The third-order valence-corrected chi connectivity index (χ3v) is 5.02. The van der Waals surface area contributed by atoms with E-state index in [0.29, 0.717) is 4.75 Å². The first-order valence-electron chi connectivity index (χ1n) is 6.32. The molecule has 0 fully saturated rings. The lowest BCUT2D eigenvalue weighted by Crippen LogP contribution is -2.36. The second kappa shape index (κ2) is 7.02. The van der Waals surface area contributed by atoms with Crippen molar-refractivity contribution in [2.45, 2.75) is 44.9 Å². The molecule has 0 amide bonds. The van der Waals surface area contributed by atoms with E-state index in [9.17, 15) is 0 Å². The zero-order chi connectivity index (χ0) is 12.7. The fourth-order valence-corrected chi connectivity index (χ4v) is 2.83. The maximum atomic E-state index is 4.21. The standard InChI is InChI=1S/C14H24N2S/c1-5-14(6-2,17-4)11-16-10-13-7-12(3)8-15-9-13/h7-9,16H,5-6,10-11H2,1-4H3. The van der Waals surface area contributed by atoms with Crippen LogP contribution in [0, 0.1) is 6.92 Å². The molecule has 96 valence electrons. The molecule has 0 unspecified atom stereocenters. The van der Waals surface area contributed by atoms with Gasteiger partial charge in [-0.3, -0.25) is 4.98 Å². The summed E-state index contributed by atoms with van der Waals surface area (Å²) in [6, 6.07) is 2.19. The second-order valence-corrected chi connectivity index (χ2v) is 5.84. The van der Waals surface area contributed by atoms with Gasteiger partial charge in [0.1, 0.15) is 0 Å². The maximum absolute atomic E-state index is 4.21. The van der Waals surface area contributed by atoms with Crippen LogP contribution < -0.4 is 5.32 Å². The average molecular weight is 252 g/mol. The van der Waals surface area contributed by atoms with Crippen LogP contribution in [0.15, 0.2) is 18.5 Å². The number of aromatic nitrogens is 1. The number of hydrogen-bond donors (Lipinski definition) is 1. The van der Waals surface area contributed by atoms with Gasteiger partial charge in [-0.05, 0) is 37.1 Å². The van der Waals surface area contributed by atoms with Crippen molar-refractivity contribution < 1.29 is 0 Å². The topological polar surface area (TPSA) is 24.9 Å². The van der Waals surface area contributed by atoms with Crippen LogP contribution in [0.4, 0.5) is 0 Å². The Kier molecular flexibility index (Phi) is 6.00. The van der Waals surface area contributed by atoms with Crippen molar-refractivity contribution in [3.8, 4) is 0 Å². The van der Waals surface area contributed by atoms with E-state index in [4.69, 9.17) is 0 Å². The third-order valence-electron chi connectivity index (χ3n) is 3.43. The molecule has 2 nitrogen and oxygen atoms in total. The minimum atomic E-state index is 0.386. The summed E-state index contributed by atoms with van der Waals surface area (Å²) < 4.78 is 0.386. The Labute approximate surface area is 110 Å². The Morgan fingerprint density at radius 1 is 1.29 bits per heavy atom. The molecule has 0 spiro atoms. The van der Waals surface area contributed by atoms with Crippen LogP contribution >= 0.6 is 11.8 Å². The fourth-order valence-electron chi connectivity index (χ4n) is 2.01. The Bertz CT molecular complexity index is 326. The van der Waals surface area contributed by atoms with Gasteiger partial charge in [0.15, 0.2) is 0 Å². The lowest BCUT2D eigenvalue weighted by Gasteiger charge is -2.30. The van der Waals surface area contributed by atoms with Crippen molar-refractivity contribution in [2.24, 2.45) is 0 Å². The summed E-state index contributed by atoms with van der Waals surface area (Å²) in [6.45, 7) is 8.61. The highest BCUT2D eigenvalue weighted by Gasteiger charge is 2.23. The smallest absolute Gasteiger partial charge is 0.0313 e. The van der Waals surface area contributed by atoms with Gasteiger partial charge in [0.05, 0.1) is 0 Å². The molecule has 0 aliphatic carbocycles. The first kappa shape index (κ1) is 14.5. The molecule has 0 aliphatic heterocycles. The van der Waals surface area contributed by atoms with E-state index in [2.05, 4.69) is 43.4 Å². The lowest BCUT2D eigenvalue weighted by molar-refractivity contribution is 0.494. The average Bonchev–Trinajstić information content (AvgIpc) is 2.35. The second-order valence-electron chi connectivity index (χ2n) is 4.57. The van der Waals surface area contributed by atoms with Crippen molar-refractivity contribution >= 4 is 11.8 Å². The van der Waals surface area contributed by atoms with Gasteiger partial charge in [-0.1, -0.05) is 19.9 Å². The molecule has 1 rings (SSSR count). The van der Waals surface area contributed by atoms with Gasteiger partial charge in [-0.15, -0.1) is 0 Å². The highest BCUT2D eigenvalue weighted by molar-refractivity contribution is 8.00. The molecule has 0 aliphatic rings. The lowest BCUT2D eigenvalue weighted by atomic mass is 10.0. The molecule has 0 radical (unpaired) electrons. The summed E-state index contributed by atoms with van der Waals surface area (Å²) in [6.07, 6.45) is 8.48. The molecule has 1 heterocycles. The predicted octanol–water partition coefficient (Wildman–Crippen LogP) is 3.40. The molecule has 17 heavy (non-hydrogen) atoms. The van der Waals surface area contributed by atoms with Crippen LogP contribution in [-0.4, -0.2) is 22.5 Å². The van der Waals surface area contributed by atoms with E-state index in [0.717, 1.165) is 13.1 Å². The van der Waals surface area contributed by atoms with Gasteiger partial charge in [-0.25, -0.2) is 0 Å². The molecule has 0 saturated heterocycles. The van der Waals surface area contributed by atoms with Crippen molar-refractivity contribution in [1.82, 2.24) is 10.3 Å². The van der Waals surface area contributed by atoms with E-state index in [1.54, 1.807) is 0 Å². The third kappa shape index (κ3) is 4.32. The van der Waals surface area contributed by atoms with Gasteiger partial charge < -0.3 is 5.32 Å². The SMILES string of the molecule is CCC(CC)(CNCc1cncc(C)c1)SC. The van der Waals surface area contributed by atoms with Gasteiger partial charge >= 0.3 is 0 Å². The largest absolute Gasteiger partial charge is 0.311 e. The predicted molar refractivity (Wildman–Crippen MR) is 77.5 cm³/mol. The molecular formula is C14H24N2S. The minimum absolute atomic E-state index is 0.386. The van der Waals surface area contributed by atoms with Gasteiger partial charge in [0, 0.05) is 30.2 Å². The van der Waals surface area contributed by atoms with E-state index in [1.807, 2.05) is 24.2 Å². The van der Waals surface area contributed by atoms with Crippen LogP contribution in [0.3, 0.4) is 0 Å². The molecule has 0 bridgehead atoms. The number of rotatable bonds is 7. The summed E-state index contributed by atoms with van der Waals surface area (Å²) in [5, 5.41) is 3.56. The molecule has 3 heteroatoms. The first-order valence-corrected chi connectivity index (χ1v) is 7.54.